The van der Waals surface area contributed by atoms with E-state index in [0.29, 0.717) is 5.69 Å². The zero-order chi connectivity index (χ0) is 11.5. The molecule has 1 N–H and O–H groups in total. The zero-order valence-electron chi connectivity index (χ0n) is 9.14. The highest BCUT2D eigenvalue weighted by molar-refractivity contribution is 5.56. The fraction of sp³-hybridized carbons (Fsp3) is 0.273. The standard InChI is InChI=1S/C11H12N4O/c1-7(2)9-3-10(15-11(16)14-9)8-4-12-6-13-5-8/h3-7H,1-2H3,(H,14,15,16). The van der Waals surface area contributed by atoms with Crippen molar-refractivity contribution in [3.63, 3.8) is 0 Å². The summed E-state index contributed by atoms with van der Waals surface area (Å²) in [5.41, 5.74) is 1.87. The number of nitrogens with one attached hydrogen (secondary N) is 1. The van der Waals surface area contributed by atoms with Gasteiger partial charge in [0.15, 0.2) is 0 Å². The molecule has 5 nitrogen and oxygen atoms in total. The van der Waals surface area contributed by atoms with Crippen molar-refractivity contribution in [1.82, 2.24) is 19.9 Å². The zero-order valence-corrected chi connectivity index (χ0v) is 9.14. The van der Waals surface area contributed by atoms with Crippen LogP contribution in [0.2, 0.25) is 0 Å². The smallest absolute Gasteiger partial charge is 0.310 e. The maximum atomic E-state index is 11.4. The quantitative estimate of drug-likeness (QED) is 0.822. The summed E-state index contributed by atoms with van der Waals surface area (Å²) >= 11 is 0. The van der Waals surface area contributed by atoms with Gasteiger partial charge in [-0.1, -0.05) is 13.8 Å². The lowest BCUT2D eigenvalue weighted by Crippen LogP contribution is -2.14. The molecular formula is C11H12N4O. The van der Waals surface area contributed by atoms with Gasteiger partial charge in [0.1, 0.15) is 6.33 Å². The molecule has 2 aromatic heterocycles. The minimum absolute atomic E-state index is 0.249. The van der Waals surface area contributed by atoms with E-state index in [9.17, 15) is 4.79 Å². The molecule has 0 aliphatic heterocycles. The predicted octanol–water partition coefficient (Wildman–Crippen LogP) is 1.35. The third kappa shape index (κ3) is 2.13. The fourth-order valence-corrected chi connectivity index (χ4v) is 1.37. The van der Waals surface area contributed by atoms with Gasteiger partial charge in [0.05, 0.1) is 5.69 Å². The molecule has 0 radical (unpaired) electrons. The lowest BCUT2D eigenvalue weighted by Gasteiger charge is -2.06. The van der Waals surface area contributed by atoms with Crippen molar-refractivity contribution in [2.24, 2.45) is 0 Å². The number of hydrogen-bond acceptors (Lipinski definition) is 4. The summed E-state index contributed by atoms with van der Waals surface area (Å²) in [5, 5.41) is 0. The van der Waals surface area contributed by atoms with Crippen LogP contribution >= 0.6 is 0 Å². The molecule has 0 aliphatic rings. The average Bonchev–Trinajstić information content (AvgIpc) is 2.29. The van der Waals surface area contributed by atoms with Crippen molar-refractivity contribution in [2.75, 3.05) is 0 Å². The third-order valence-electron chi connectivity index (χ3n) is 2.24. The molecule has 0 bridgehead atoms. The molecule has 82 valence electrons. The second-order valence-electron chi connectivity index (χ2n) is 3.81. The van der Waals surface area contributed by atoms with E-state index in [-0.39, 0.29) is 11.6 Å². The van der Waals surface area contributed by atoms with Gasteiger partial charge in [-0.3, -0.25) is 0 Å². The summed E-state index contributed by atoms with van der Waals surface area (Å²) in [6.07, 6.45) is 4.72. The second kappa shape index (κ2) is 4.22. The van der Waals surface area contributed by atoms with Crippen molar-refractivity contribution < 1.29 is 0 Å². The molecule has 2 heterocycles. The minimum Gasteiger partial charge on any atom is -0.310 e. The van der Waals surface area contributed by atoms with Gasteiger partial charge in [0.25, 0.3) is 0 Å². The normalized spacial score (nSPS) is 10.7. The van der Waals surface area contributed by atoms with Crippen LogP contribution in [0.5, 0.6) is 0 Å². The van der Waals surface area contributed by atoms with Crippen molar-refractivity contribution in [2.45, 2.75) is 19.8 Å². The molecule has 0 fully saturated rings. The summed E-state index contributed by atoms with van der Waals surface area (Å²) in [4.78, 5) is 25.8. The Hall–Kier alpha value is -2.04. The van der Waals surface area contributed by atoms with Crippen LogP contribution in [0.1, 0.15) is 25.5 Å². The van der Waals surface area contributed by atoms with Gasteiger partial charge in [-0.15, -0.1) is 0 Å². The van der Waals surface area contributed by atoms with Crippen LogP contribution in [0.3, 0.4) is 0 Å². The predicted molar refractivity (Wildman–Crippen MR) is 60.0 cm³/mol. The number of aromatic amines is 1. The van der Waals surface area contributed by atoms with Gasteiger partial charge in [0, 0.05) is 23.7 Å². The minimum atomic E-state index is -0.343. The molecule has 0 aliphatic carbocycles. The number of hydrogen-bond donors (Lipinski definition) is 1. The summed E-state index contributed by atoms with van der Waals surface area (Å²) in [5.74, 6) is 0.249. The van der Waals surface area contributed by atoms with E-state index in [2.05, 4.69) is 19.9 Å². The molecule has 2 aromatic rings. The number of aromatic nitrogens is 4. The Morgan fingerprint density at radius 3 is 2.56 bits per heavy atom. The number of H-pyrrole nitrogens is 1. The van der Waals surface area contributed by atoms with E-state index in [0.717, 1.165) is 11.3 Å². The Kier molecular flexibility index (Phi) is 2.76. The first-order chi connectivity index (χ1) is 7.66. The Morgan fingerprint density at radius 1 is 1.25 bits per heavy atom. The first-order valence-electron chi connectivity index (χ1n) is 5.03. The Balaban J connectivity index is 2.54. The van der Waals surface area contributed by atoms with Gasteiger partial charge in [-0.25, -0.2) is 14.8 Å². The van der Waals surface area contributed by atoms with Crippen LogP contribution in [0.15, 0.2) is 29.6 Å². The van der Waals surface area contributed by atoms with E-state index in [1.807, 2.05) is 19.9 Å². The Morgan fingerprint density at radius 2 is 1.94 bits per heavy atom. The summed E-state index contributed by atoms with van der Waals surface area (Å²) in [7, 11) is 0. The molecule has 5 heteroatoms. The van der Waals surface area contributed by atoms with Gasteiger partial charge in [-0.2, -0.15) is 4.98 Å². The van der Waals surface area contributed by atoms with Crippen molar-refractivity contribution in [3.05, 3.63) is 41.0 Å². The fourth-order valence-electron chi connectivity index (χ4n) is 1.37. The Bertz CT molecular complexity index is 533. The van der Waals surface area contributed by atoms with Crippen molar-refractivity contribution in [3.8, 4) is 11.3 Å². The van der Waals surface area contributed by atoms with Gasteiger partial charge in [0.2, 0.25) is 0 Å². The van der Waals surface area contributed by atoms with E-state index in [1.165, 1.54) is 6.33 Å². The lowest BCUT2D eigenvalue weighted by molar-refractivity contribution is 0.803. The van der Waals surface area contributed by atoms with E-state index in [1.54, 1.807) is 12.4 Å². The molecule has 0 aromatic carbocycles. The van der Waals surface area contributed by atoms with Crippen LogP contribution in [-0.2, 0) is 0 Å². The molecular weight excluding hydrogens is 204 g/mol. The Labute approximate surface area is 92.6 Å². The summed E-state index contributed by atoms with van der Waals surface area (Å²) in [6.45, 7) is 4.02. The SMILES string of the molecule is CC(C)c1cc(-c2cncnc2)nc(=O)[nH]1. The maximum Gasteiger partial charge on any atom is 0.345 e. The van der Waals surface area contributed by atoms with Gasteiger partial charge in [-0.05, 0) is 12.0 Å². The van der Waals surface area contributed by atoms with Crippen molar-refractivity contribution in [1.29, 1.82) is 0 Å². The van der Waals surface area contributed by atoms with Crippen LogP contribution in [0, 0.1) is 0 Å². The van der Waals surface area contributed by atoms with Crippen LogP contribution < -0.4 is 5.69 Å². The molecule has 0 saturated carbocycles. The van der Waals surface area contributed by atoms with E-state index >= 15 is 0 Å². The third-order valence-corrected chi connectivity index (χ3v) is 2.24. The number of rotatable bonds is 2. The number of nitrogens with zero attached hydrogens (tertiary/aromatic N) is 3. The molecule has 0 unspecified atom stereocenters. The molecule has 0 atom stereocenters. The molecule has 16 heavy (non-hydrogen) atoms. The van der Waals surface area contributed by atoms with Crippen LogP contribution in [-0.4, -0.2) is 19.9 Å². The highest BCUT2D eigenvalue weighted by atomic mass is 16.1. The summed E-state index contributed by atoms with van der Waals surface area (Å²) < 4.78 is 0. The van der Waals surface area contributed by atoms with E-state index < -0.39 is 0 Å². The van der Waals surface area contributed by atoms with Gasteiger partial charge < -0.3 is 4.98 Å². The average molecular weight is 216 g/mol. The molecule has 0 saturated heterocycles. The molecule has 2 rings (SSSR count). The monoisotopic (exact) mass is 216 g/mol. The molecule has 0 spiro atoms. The summed E-state index contributed by atoms with van der Waals surface area (Å²) in [6, 6.07) is 1.85. The highest BCUT2D eigenvalue weighted by Crippen LogP contribution is 2.17. The van der Waals surface area contributed by atoms with Crippen molar-refractivity contribution >= 4 is 0 Å². The van der Waals surface area contributed by atoms with E-state index in [4.69, 9.17) is 0 Å². The molecule has 0 amide bonds. The van der Waals surface area contributed by atoms with Crippen LogP contribution in [0.4, 0.5) is 0 Å². The highest BCUT2D eigenvalue weighted by Gasteiger charge is 2.06. The largest absolute Gasteiger partial charge is 0.345 e. The second-order valence-corrected chi connectivity index (χ2v) is 3.81. The van der Waals surface area contributed by atoms with Crippen LogP contribution in [0.25, 0.3) is 11.3 Å². The first-order valence-corrected chi connectivity index (χ1v) is 5.03. The first kappa shape index (κ1) is 10.5. The lowest BCUT2D eigenvalue weighted by atomic mass is 10.1. The van der Waals surface area contributed by atoms with Gasteiger partial charge >= 0.3 is 5.69 Å². The maximum absolute atomic E-state index is 11.4. The topological polar surface area (TPSA) is 71.5 Å².